The van der Waals surface area contributed by atoms with Gasteiger partial charge in [-0.1, -0.05) is 41.4 Å². The Labute approximate surface area is 128 Å². The Morgan fingerprint density at radius 3 is 2.50 bits per heavy atom. The summed E-state index contributed by atoms with van der Waals surface area (Å²) < 4.78 is 5.07. The molecule has 2 aromatic rings. The highest BCUT2D eigenvalue weighted by Crippen LogP contribution is 2.33. The summed E-state index contributed by atoms with van der Waals surface area (Å²) in [7, 11) is 1.49. The SMILES string of the molecule is COc1cc(Cl)cc(CNCc2ccccc2Cl)c1O. The molecule has 2 N–H and O–H groups in total. The maximum absolute atomic E-state index is 10.0. The summed E-state index contributed by atoms with van der Waals surface area (Å²) in [6, 6.07) is 10.9. The summed E-state index contributed by atoms with van der Waals surface area (Å²) in [5.41, 5.74) is 1.68. The second-order valence-electron chi connectivity index (χ2n) is 4.31. The molecule has 0 aliphatic heterocycles. The molecule has 2 rings (SSSR count). The summed E-state index contributed by atoms with van der Waals surface area (Å²) in [5.74, 6) is 0.468. The lowest BCUT2D eigenvalue weighted by Gasteiger charge is -2.11. The number of ether oxygens (including phenoxy) is 1. The first-order valence-electron chi connectivity index (χ1n) is 6.11. The molecule has 0 aliphatic rings. The molecule has 106 valence electrons. The Kier molecular flexibility index (Phi) is 5.12. The maximum Gasteiger partial charge on any atom is 0.162 e. The minimum Gasteiger partial charge on any atom is -0.504 e. The standard InChI is InChI=1S/C15H15Cl2NO2/c1-20-14-7-12(16)6-11(15(14)19)9-18-8-10-4-2-3-5-13(10)17/h2-7,18-19H,8-9H2,1H3. The summed E-state index contributed by atoms with van der Waals surface area (Å²) in [4.78, 5) is 0. The van der Waals surface area contributed by atoms with Crippen molar-refractivity contribution in [2.45, 2.75) is 13.1 Å². The molecular formula is C15H15Cl2NO2. The van der Waals surface area contributed by atoms with Crippen molar-refractivity contribution in [2.24, 2.45) is 0 Å². The smallest absolute Gasteiger partial charge is 0.162 e. The summed E-state index contributed by atoms with van der Waals surface area (Å²) in [6.07, 6.45) is 0. The van der Waals surface area contributed by atoms with Gasteiger partial charge in [0.2, 0.25) is 0 Å². The predicted octanol–water partition coefficient (Wildman–Crippen LogP) is 4.00. The molecule has 0 spiro atoms. The molecule has 0 aliphatic carbocycles. The number of phenolic OH excluding ortho intramolecular Hbond substituents is 1. The van der Waals surface area contributed by atoms with E-state index in [4.69, 9.17) is 27.9 Å². The summed E-state index contributed by atoms with van der Waals surface area (Å²) in [6.45, 7) is 1.07. The lowest BCUT2D eigenvalue weighted by Crippen LogP contribution is -2.13. The highest BCUT2D eigenvalue weighted by atomic mass is 35.5. The van der Waals surface area contributed by atoms with E-state index in [1.54, 1.807) is 12.1 Å². The van der Waals surface area contributed by atoms with Crippen LogP contribution in [0, 0.1) is 0 Å². The number of methoxy groups -OCH3 is 1. The third-order valence-electron chi connectivity index (χ3n) is 2.93. The number of halogens is 2. The van der Waals surface area contributed by atoms with Gasteiger partial charge in [0.1, 0.15) is 0 Å². The van der Waals surface area contributed by atoms with Crippen LogP contribution in [-0.4, -0.2) is 12.2 Å². The van der Waals surface area contributed by atoms with E-state index in [1.165, 1.54) is 7.11 Å². The Balaban J connectivity index is 2.05. The van der Waals surface area contributed by atoms with Gasteiger partial charge >= 0.3 is 0 Å². The van der Waals surface area contributed by atoms with Gasteiger partial charge in [-0.15, -0.1) is 0 Å². The number of hydrogen-bond acceptors (Lipinski definition) is 3. The van der Waals surface area contributed by atoms with Crippen molar-refractivity contribution in [3.63, 3.8) is 0 Å². The van der Waals surface area contributed by atoms with Crippen molar-refractivity contribution in [1.29, 1.82) is 0 Å². The van der Waals surface area contributed by atoms with Crippen LogP contribution in [0.4, 0.5) is 0 Å². The number of aromatic hydroxyl groups is 1. The molecule has 0 atom stereocenters. The first-order valence-corrected chi connectivity index (χ1v) is 6.87. The van der Waals surface area contributed by atoms with Crippen LogP contribution in [0.2, 0.25) is 10.0 Å². The number of rotatable bonds is 5. The number of benzene rings is 2. The van der Waals surface area contributed by atoms with Crippen molar-refractivity contribution >= 4 is 23.2 Å². The second kappa shape index (κ2) is 6.84. The molecule has 20 heavy (non-hydrogen) atoms. The van der Waals surface area contributed by atoms with Gasteiger partial charge in [-0.2, -0.15) is 0 Å². The molecule has 0 fully saturated rings. The molecule has 0 aromatic heterocycles. The van der Waals surface area contributed by atoms with Gasteiger partial charge < -0.3 is 15.2 Å². The molecule has 5 heteroatoms. The quantitative estimate of drug-likeness (QED) is 0.877. The fraction of sp³-hybridized carbons (Fsp3) is 0.200. The van der Waals surface area contributed by atoms with E-state index in [1.807, 2.05) is 24.3 Å². The Morgan fingerprint density at radius 2 is 1.80 bits per heavy atom. The Morgan fingerprint density at radius 1 is 1.10 bits per heavy atom. The van der Waals surface area contributed by atoms with Crippen LogP contribution in [0.3, 0.4) is 0 Å². The normalized spacial score (nSPS) is 10.6. The summed E-state index contributed by atoms with van der Waals surface area (Å²) >= 11 is 12.1. The van der Waals surface area contributed by atoms with Gasteiger partial charge in [0, 0.05) is 34.8 Å². The van der Waals surface area contributed by atoms with E-state index < -0.39 is 0 Å². The molecular weight excluding hydrogens is 297 g/mol. The molecule has 0 amide bonds. The van der Waals surface area contributed by atoms with Crippen molar-refractivity contribution in [3.05, 3.63) is 57.6 Å². The van der Waals surface area contributed by atoms with Crippen LogP contribution in [-0.2, 0) is 13.1 Å². The second-order valence-corrected chi connectivity index (χ2v) is 5.15. The summed E-state index contributed by atoms with van der Waals surface area (Å²) in [5, 5.41) is 14.5. The van der Waals surface area contributed by atoms with Gasteiger partial charge in [-0.05, 0) is 17.7 Å². The van der Waals surface area contributed by atoms with Crippen molar-refractivity contribution < 1.29 is 9.84 Å². The van der Waals surface area contributed by atoms with Gasteiger partial charge in [-0.25, -0.2) is 0 Å². The van der Waals surface area contributed by atoms with Crippen LogP contribution in [0.5, 0.6) is 11.5 Å². The van der Waals surface area contributed by atoms with Crippen molar-refractivity contribution in [2.75, 3.05) is 7.11 Å². The highest BCUT2D eigenvalue weighted by Gasteiger charge is 2.09. The third kappa shape index (κ3) is 3.57. The van der Waals surface area contributed by atoms with Crippen LogP contribution >= 0.6 is 23.2 Å². The van der Waals surface area contributed by atoms with Gasteiger partial charge in [0.15, 0.2) is 11.5 Å². The fourth-order valence-electron chi connectivity index (χ4n) is 1.89. The van der Waals surface area contributed by atoms with E-state index in [0.29, 0.717) is 34.4 Å². The lowest BCUT2D eigenvalue weighted by atomic mass is 10.1. The topological polar surface area (TPSA) is 41.5 Å². The minimum absolute atomic E-state index is 0.101. The van der Waals surface area contributed by atoms with Crippen LogP contribution in [0.1, 0.15) is 11.1 Å². The zero-order valence-corrected chi connectivity index (χ0v) is 12.5. The van der Waals surface area contributed by atoms with E-state index in [-0.39, 0.29) is 5.75 Å². The van der Waals surface area contributed by atoms with Crippen molar-refractivity contribution in [3.8, 4) is 11.5 Å². The third-order valence-corrected chi connectivity index (χ3v) is 3.51. The number of nitrogens with one attached hydrogen (secondary N) is 1. The van der Waals surface area contributed by atoms with Crippen LogP contribution in [0.25, 0.3) is 0 Å². The zero-order chi connectivity index (χ0) is 14.5. The van der Waals surface area contributed by atoms with E-state index in [9.17, 15) is 5.11 Å². The lowest BCUT2D eigenvalue weighted by molar-refractivity contribution is 0.369. The molecule has 0 unspecified atom stereocenters. The molecule has 0 saturated carbocycles. The van der Waals surface area contributed by atoms with E-state index in [2.05, 4.69) is 5.32 Å². The highest BCUT2D eigenvalue weighted by molar-refractivity contribution is 6.31. The predicted molar refractivity (Wildman–Crippen MR) is 81.7 cm³/mol. The Hall–Kier alpha value is -1.42. The molecule has 2 aromatic carbocycles. The van der Waals surface area contributed by atoms with Crippen LogP contribution < -0.4 is 10.1 Å². The molecule has 0 radical (unpaired) electrons. The molecule has 0 heterocycles. The molecule has 3 nitrogen and oxygen atoms in total. The maximum atomic E-state index is 10.0. The first-order chi connectivity index (χ1) is 9.61. The zero-order valence-electron chi connectivity index (χ0n) is 11.0. The van der Waals surface area contributed by atoms with Crippen molar-refractivity contribution in [1.82, 2.24) is 5.32 Å². The monoisotopic (exact) mass is 311 g/mol. The van der Waals surface area contributed by atoms with E-state index >= 15 is 0 Å². The average Bonchev–Trinajstić information content (AvgIpc) is 2.44. The molecule has 0 bridgehead atoms. The fourth-order valence-corrected chi connectivity index (χ4v) is 2.33. The van der Waals surface area contributed by atoms with Gasteiger partial charge in [-0.3, -0.25) is 0 Å². The average molecular weight is 312 g/mol. The van der Waals surface area contributed by atoms with Gasteiger partial charge in [0.25, 0.3) is 0 Å². The number of phenols is 1. The van der Waals surface area contributed by atoms with Crippen LogP contribution in [0.15, 0.2) is 36.4 Å². The Bertz CT molecular complexity index is 602. The van der Waals surface area contributed by atoms with E-state index in [0.717, 1.165) is 5.56 Å². The largest absolute Gasteiger partial charge is 0.504 e. The van der Waals surface area contributed by atoms with Gasteiger partial charge in [0.05, 0.1) is 7.11 Å². The first kappa shape index (κ1) is 15.0. The molecule has 0 saturated heterocycles. The minimum atomic E-state index is 0.101. The number of hydrogen-bond donors (Lipinski definition) is 2.